The van der Waals surface area contributed by atoms with Crippen LogP contribution >= 0.6 is 11.6 Å². The van der Waals surface area contributed by atoms with Gasteiger partial charge in [0, 0.05) is 73.8 Å². The molecule has 12 rings (SSSR count). The van der Waals surface area contributed by atoms with Crippen molar-refractivity contribution in [3.8, 4) is 46.5 Å². The second-order valence-electron chi connectivity index (χ2n) is 29.4. The molecule has 0 aliphatic rings. The average Bonchev–Trinajstić information content (AvgIpc) is 1.64. The molecule has 0 aliphatic carbocycles. The SMILES string of the molecule is CCCCn1c(=O)c2c(nc(Cl)n2Cc2ccccc2)n(COCC[Si](C)(C)C)c1=O.CCCCn1c(=O)c2c(nc(Oc3cccc(OC(F)(F)F)c3)n2Cc2ccccc2)n(COCC[Si](C)(C)C)c1=O.O=c1[nH]c2nc(Oc3cccc(OC(F)(F)F)c3)n(Cc3ccccc3)c2c(=O)n1CCCO.Oc1cccc(OC(F)(F)F)c1. The van der Waals surface area contributed by atoms with E-state index >= 15 is 0 Å². The van der Waals surface area contributed by atoms with Gasteiger partial charge in [0.15, 0.2) is 33.5 Å². The highest BCUT2D eigenvalue weighted by atomic mass is 35.5. The minimum Gasteiger partial charge on any atom is -0.508 e. The topological polar surface area (TPSA) is 301 Å². The lowest BCUT2D eigenvalue weighted by atomic mass is 10.2. The van der Waals surface area contributed by atoms with Crippen LogP contribution in [0.2, 0.25) is 56.7 Å². The number of unbranched alkanes of at least 4 members (excludes halogenated alkanes) is 2. The molecule has 6 heterocycles. The van der Waals surface area contributed by atoms with Crippen LogP contribution in [0.25, 0.3) is 33.5 Å². The number of phenols is 1. The number of imidazole rings is 3. The molecule has 0 unspecified atom stereocenters. The number of nitrogens with zero attached hydrogens (tertiary/aromatic N) is 11. The first-order valence-electron chi connectivity index (χ1n) is 37.7. The summed E-state index contributed by atoms with van der Waals surface area (Å²) in [6, 6.07) is 44.1. The van der Waals surface area contributed by atoms with Crippen LogP contribution in [0.3, 0.4) is 0 Å². The van der Waals surface area contributed by atoms with E-state index in [4.69, 9.17) is 40.8 Å². The van der Waals surface area contributed by atoms with E-state index < -0.39 is 80.7 Å². The highest BCUT2D eigenvalue weighted by Crippen LogP contribution is 2.34. The standard InChI is InChI=1S/C29H35F3N4O5Si.C22H31ClN4O3Si.C22H19F3N4O5.C7H5F3O2/c1-5-6-15-34-26(37)24-25(36(28(34)38)20-39-16-17-42(2,3)4)33-27(35(24)19-21-11-8-7-9-12-21)40-22-13-10-14-23(18-22)41-29(30,31)32;1-5-6-12-25-20(28)18-19(27(22(25)29)16-30-13-14-31(2,3)4)24-21(23)26(18)15-17-10-8-7-9-11-17;23-22(24,25)34-16-9-4-8-15(12-16)33-21-27-18-17(29(21)13-14-6-2-1-3-7-14)19(31)28(10-5-11-30)20(32)26-18;8-7(9,10)12-6-3-1-2-5(11)4-6/h7-14,18H,5-6,15-17,19-20H2,1-4H3;7-11H,5-6,12-16H2,1-4H3;1-4,6-9,12,30H,5,10-11,13H2,(H,26,32);1-4,11H. The van der Waals surface area contributed by atoms with E-state index in [-0.39, 0.29) is 121 Å². The number of aliphatic hydroxyl groups is 1. The summed E-state index contributed by atoms with van der Waals surface area (Å²) in [6.45, 7) is 19.4. The maximum atomic E-state index is 13.8. The molecule has 0 bridgehead atoms. The van der Waals surface area contributed by atoms with Crippen molar-refractivity contribution >= 4 is 61.2 Å². The zero-order chi connectivity index (χ0) is 86.6. The van der Waals surface area contributed by atoms with Crippen molar-refractivity contribution in [2.45, 2.75) is 169 Å². The Bertz CT molecular complexity index is 5760. The maximum Gasteiger partial charge on any atom is 0.573 e. The van der Waals surface area contributed by atoms with Crippen molar-refractivity contribution in [3.63, 3.8) is 0 Å². The molecule has 638 valence electrons. The van der Waals surface area contributed by atoms with Crippen LogP contribution in [-0.4, -0.2) is 122 Å². The molecule has 6 aromatic carbocycles. The molecule has 0 amide bonds. The Morgan fingerprint density at radius 3 is 1.21 bits per heavy atom. The molecule has 0 spiro atoms. The van der Waals surface area contributed by atoms with Gasteiger partial charge in [-0.05, 0) is 96.0 Å². The molecule has 0 radical (unpaired) electrons. The third-order valence-corrected chi connectivity index (χ3v) is 21.2. The van der Waals surface area contributed by atoms with Gasteiger partial charge in [-0.2, -0.15) is 15.0 Å². The highest BCUT2D eigenvalue weighted by Gasteiger charge is 2.34. The van der Waals surface area contributed by atoms with Gasteiger partial charge in [0.05, 0.1) is 19.6 Å². The number of hydrogen-bond donors (Lipinski definition) is 3. The smallest absolute Gasteiger partial charge is 0.508 e. The number of nitrogens with one attached hydrogen (secondary N) is 1. The molecule has 39 heteroatoms. The molecule has 6 aromatic heterocycles. The Labute approximate surface area is 681 Å². The van der Waals surface area contributed by atoms with Gasteiger partial charge < -0.3 is 47.9 Å². The average molecular weight is 1720 g/mol. The summed E-state index contributed by atoms with van der Waals surface area (Å²) < 4.78 is 157. The molecule has 27 nitrogen and oxygen atoms in total. The van der Waals surface area contributed by atoms with Crippen molar-refractivity contribution in [2.24, 2.45) is 0 Å². The van der Waals surface area contributed by atoms with Crippen LogP contribution in [0.1, 0.15) is 62.6 Å². The summed E-state index contributed by atoms with van der Waals surface area (Å²) in [5.41, 5.74) is 0.211. The fraction of sp³-hybridized carbons (Fsp3) is 0.362. The van der Waals surface area contributed by atoms with Crippen LogP contribution in [0, 0.1) is 0 Å². The minimum absolute atomic E-state index is 0.00737. The van der Waals surface area contributed by atoms with Gasteiger partial charge in [-0.25, -0.2) is 14.4 Å². The zero-order valence-electron chi connectivity index (χ0n) is 66.2. The molecule has 3 N–H and O–H groups in total. The summed E-state index contributed by atoms with van der Waals surface area (Å²) in [7, 11) is -2.66. The van der Waals surface area contributed by atoms with E-state index in [1.165, 1.54) is 63.8 Å². The van der Waals surface area contributed by atoms with Crippen molar-refractivity contribution in [2.75, 3.05) is 19.8 Å². The third kappa shape index (κ3) is 26.5. The number of phenolic OH excluding ortho intramolecular Hbond substituents is 1. The van der Waals surface area contributed by atoms with E-state index in [0.29, 0.717) is 38.2 Å². The number of rotatable bonds is 32. The minimum atomic E-state index is -4.88. The second-order valence-corrected chi connectivity index (χ2v) is 41.0. The number of H-pyrrole nitrogens is 1. The number of hydrogen-bond acceptors (Lipinski definition) is 18. The largest absolute Gasteiger partial charge is 0.573 e. The number of benzene rings is 6. The molecule has 0 aliphatic heterocycles. The Hall–Kier alpha value is -11.5. The molecule has 0 fully saturated rings. The van der Waals surface area contributed by atoms with Gasteiger partial charge in [-0.1, -0.05) is 175 Å². The number of fused-ring (bicyclic) bond motifs is 3. The van der Waals surface area contributed by atoms with Crippen LogP contribution in [0.15, 0.2) is 193 Å². The van der Waals surface area contributed by atoms with Crippen molar-refractivity contribution in [1.82, 2.24) is 56.5 Å². The number of ether oxygens (including phenoxy) is 7. The van der Waals surface area contributed by atoms with E-state index in [1.807, 2.05) is 92.7 Å². The fourth-order valence-corrected chi connectivity index (χ4v) is 13.4. The van der Waals surface area contributed by atoms with Crippen LogP contribution in [0.4, 0.5) is 39.5 Å². The first-order valence-corrected chi connectivity index (χ1v) is 45.5. The highest BCUT2D eigenvalue weighted by molar-refractivity contribution is 6.76. The monoisotopic (exact) mass is 1720 g/mol. The Kier molecular flexibility index (Phi) is 31.4. The molecular formula is C80H90ClF9N12O15Si2. The second kappa shape index (κ2) is 40.8. The number of halogens is 10. The van der Waals surface area contributed by atoms with Gasteiger partial charge >= 0.3 is 48.2 Å². The summed E-state index contributed by atoms with van der Waals surface area (Å²) in [5, 5.41) is 18.0. The van der Waals surface area contributed by atoms with Crippen LogP contribution in [0.5, 0.6) is 46.5 Å². The molecular weight excluding hydrogens is 1630 g/mol. The van der Waals surface area contributed by atoms with Gasteiger partial charge in [-0.3, -0.25) is 51.3 Å². The summed E-state index contributed by atoms with van der Waals surface area (Å²) in [4.78, 5) is 95.0. The van der Waals surface area contributed by atoms with E-state index in [2.05, 4.69) is 73.4 Å². The Morgan fingerprint density at radius 1 is 0.429 bits per heavy atom. The number of aromatic nitrogens is 12. The first kappa shape index (κ1) is 91.4. The lowest BCUT2D eigenvalue weighted by Crippen LogP contribution is -2.41. The molecule has 0 saturated heterocycles. The van der Waals surface area contributed by atoms with E-state index in [1.54, 1.807) is 16.7 Å². The Balaban J connectivity index is 0.000000191. The maximum absolute atomic E-state index is 13.8. The predicted molar refractivity (Wildman–Crippen MR) is 434 cm³/mol. The Morgan fingerprint density at radius 2 is 0.798 bits per heavy atom. The fourth-order valence-electron chi connectivity index (χ4n) is 11.7. The number of aromatic amines is 1. The summed E-state index contributed by atoms with van der Waals surface area (Å²) >= 11 is 6.44. The number of aliphatic hydroxyl groups excluding tert-OH is 1. The van der Waals surface area contributed by atoms with E-state index in [9.17, 15) is 68.3 Å². The van der Waals surface area contributed by atoms with Gasteiger partial charge in [0.1, 0.15) is 48.0 Å². The lowest BCUT2D eigenvalue weighted by Gasteiger charge is -2.16. The van der Waals surface area contributed by atoms with Crippen LogP contribution < -0.4 is 57.4 Å². The first-order chi connectivity index (χ1) is 56.3. The van der Waals surface area contributed by atoms with Gasteiger partial charge in [0.2, 0.25) is 5.28 Å². The number of alkyl halides is 9. The van der Waals surface area contributed by atoms with Crippen LogP contribution in [-0.2, 0) is 62.2 Å². The molecule has 12 aromatic rings. The zero-order valence-corrected chi connectivity index (χ0v) is 69.0. The molecule has 0 saturated carbocycles. The third-order valence-electron chi connectivity index (χ3n) is 17.5. The van der Waals surface area contributed by atoms with Crippen molar-refractivity contribution in [1.29, 1.82) is 0 Å². The number of aromatic hydroxyl groups is 1. The predicted octanol–water partition coefficient (Wildman–Crippen LogP) is 15.7. The summed E-state index contributed by atoms with van der Waals surface area (Å²) in [6.07, 6.45) is -11.3. The van der Waals surface area contributed by atoms with Crippen molar-refractivity contribution < 1.29 is 82.9 Å². The van der Waals surface area contributed by atoms with Gasteiger partial charge in [-0.15, -0.1) is 39.5 Å². The lowest BCUT2D eigenvalue weighted by molar-refractivity contribution is -0.275. The quantitative estimate of drug-likeness (QED) is 0.0153. The van der Waals surface area contributed by atoms with Gasteiger partial charge in [0.25, 0.3) is 16.7 Å². The molecule has 0 atom stereocenters. The van der Waals surface area contributed by atoms with Crippen molar-refractivity contribution in [3.05, 3.63) is 248 Å². The molecule has 119 heavy (non-hydrogen) atoms. The normalized spacial score (nSPS) is 11.9. The summed E-state index contributed by atoms with van der Waals surface area (Å²) in [5.74, 6) is -1.67. The van der Waals surface area contributed by atoms with E-state index in [0.717, 1.165) is 89.0 Å².